The summed E-state index contributed by atoms with van der Waals surface area (Å²) >= 11 is 0. The minimum atomic E-state index is -4.05. The van der Waals surface area contributed by atoms with E-state index < -0.39 is 23.8 Å². The molecule has 19 heavy (non-hydrogen) atoms. The molecule has 0 bridgehead atoms. The second-order valence-corrected chi connectivity index (χ2v) is 3.91. The van der Waals surface area contributed by atoms with Crippen molar-refractivity contribution < 1.29 is 22.5 Å². The van der Waals surface area contributed by atoms with Crippen molar-refractivity contribution in [1.29, 1.82) is 0 Å². The van der Waals surface area contributed by atoms with E-state index in [0.717, 1.165) is 0 Å². The highest BCUT2D eigenvalue weighted by Gasteiger charge is 2.39. The number of hydrogen-bond acceptors (Lipinski definition) is 3. The van der Waals surface area contributed by atoms with Gasteiger partial charge >= 0.3 is 12.3 Å². The van der Waals surface area contributed by atoms with Gasteiger partial charge in [0, 0.05) is 12.1 Å². The molecule has 1 rings (SSSR count). The van der Waals surface area contributed by atoms with Crippen molar-refractivity contribution in [2.24, 2.45) is 0 Å². The Bertz CT molecular complexity index is 423. The molecule has 1 aromatic rings. The first kappa shape index (κ1) is 15.4. The quantitative estimate of drug-likeness (QED) is 0.361. The molecule has 0 aliphatic heterocycles. The molecule has 4 nitrogen and oxygen atoms in total. The van der Waals surface area contributed by atoms with Crippen LogP contribution in [-0.4, -0.2) is 30.4 Å². The molecule has 0 aliphatic rings. The molecular formula is C11H12F4N2O2. The van der Waals surface area contributed by atoms with E-state index in [4.69, 9.17) is 0 Å². The lowest BCUT2D eigenvalue weighted by molar-refractivity contribution is -0.384. The van der Waals surface area contributed by atoms with E-state index in [1.807, 2.05) is 0 Å². The van der Waals surface area contributed by atoms with Gasteiger partial charge in [0.25, 0.3) is 5.69 Å². The summed E-state index contributed by atoms with van der Waals surface area (Å²) in [5.41, 5.74) is 0.624. The fraction of sp³-hybridized carbons (Fsp3) is 0.455. The number of hydrogen-bond donors (Lipinski definition) is 1. The SMILES string of the molecule is O=[N+]([O-])c1ccc(CCNCC(F)(F)C(F)F)cc1. The van der Waals surface area contributed by atoms with Crippen LogP contribution in [0.1, 0.15) is 5.56 Å². The second kappa shape index (κ2) is 6.46. The Balaban J connectivity index is 2.36. The fourth-order valence-electron chi connectivity index (χ4n) is 1.35. The molecule has 0 unspecified atom stereocenters. The van der Waals surface area contributed by atoms with Gasteiger partial charge in [-0.1, -0.05) is 12.1 Å². The number of nitrogens with zero attached hydrogens (tertiary/aromatic N) is 1. The van der Waals surface area contributed by atoms with Crippen LogP contribution >= 0.6 is 0 Å². The van der Waals surface area contributed by atoms with Crippen LogP contribution in [0.5, 0.6) is 0 Å². The standard InChI is InChI=1S/C11H12F4N2O2/c12-10(13)11(14,15)7-16-6-5-8-1-3-9(4-2-8)17(18)19/h1-4,10,16H,5-7H2. The molecule has 0 spiro atoms. The van der Waals surface area contributed by atoms with Crippen LogP contribution in [0.2, 0.25) is 0 Å². The summed E-state index contributed by atoms with van der Waals surface area (Å²) in [6, 6.07) is 5.57. The lowest BCUT2D eigenvalue weighted by Gasteiger charge is -2.15. The van der Waals surface area contributed by atoms with Gasteiger partial charge in [0.15, 0.2) is 0 Å². The maximum Gasteiger partial charge on any atom is 0.319 e. The molecule has 0 aromatic heterocycles. The fourth-order valence-corrected chi connectivity index (χ4v) is 1.35. The Labute approximate surface area is 106 Å². The van der Waals surface area contributed by atoms with Crippen LogP contribution < -0.4 is 5.32 Å². The Kier molecular flexibility index (Phi) is 5.22. The first-order valence-electron chi connectivity index (χ1n) is 5.43. The third kappa shape index (κ3) is 4.82. The van der Waals surface area contributed by atoms with Crippen molar-refractivity contribution in [3.05, 3.63) is 39.9 Å². The summed E-state index contributed by atoms with van der Waals surface area (Å²) in [6.07, 6.45) is -3.38. The van der Waals surface area contributed by atoms with Crippen molar-refractivity contribution in [3.63, 3.8) is 0 Å². The van der Waals surface area contributed by atoms with E-state index in [2.05, 4.69) is 5.32 Å². The Morgan fingerprint density at radius 3 is 2.32 bits per heavy atom. The number of halogens is 4. The van der Waals surface area contributed by atoms with Gasteiger partial charge < -0.3 is 5.32 Å². The summed E-state index contributed by atoms with van der Waals surface area (Å²) in [7, 11) is 0. The van der Waals surface area contributed by atoms with E-state index in [9.17, 15) is 27.7 Å². The molecule has 1 N–H and O–H groups in total. The van der Waals surface area contributed by atoms with Gasteiger partial charge in [0.2, 0.25) is 0 Å². The number of nitrogens with one attached hydrogen (secondary N) is 1. The van der Waals surface area contributed by atoms with Crippen molar-refractivity contribution in [2.75, 3.05) is 13.1 Å². The molecule has 0 radical (unpaired) electrons. The molecule has 0 saturated heterocycles. The zero-order valence-corrected chi connectivity index (χ0v) is 9.78. The average molecular weight is 280 g/mol. The molecule has 0 amide bonds. The third-order valence-electron chi connectivity index (χ3n) is 2.42. The van der Waals surface area contributed by atoms with Crippen molar-refractivity contribution in [1.82, 2.24) is 5.32 Å². The maximum atomic E-state index is 12.5. The molecule has 1 aromatic carbocycles. The number of alkyl halides is 4. The molecule has 8 heteroatoms. The van der Waals surface area contributed by atoms with Gasteiger partial charge in [-0.3, -0.25) is 10.1 Å². The van der Waals surface area contributed by atoms with Crippen LogP contribution in [0.15, 0.2) is 24.3 Å². The molecule has 0 atom stereocenters. The summed E-state index contributed by atoms with van der Waals surface area (Å²) < 4.78 is 48.7. The highest BCUT2D eigenvalue weighted by atomic mass is 19.3. The van der Waals surface area contributed by atoms with Crippen LogP contribution in [0.3, 0.4) is 0 Å². The highest BCUT2D eigenvalue weighted by Crippen LogP contribution is 2.21. The maximum absolute atomic E-state index is 12.5. The zero-order valence-electron chi connectivity index (χ0n) is 9.78. The van der Waals surface area contributed by atoms with Crippen LogP contribution in [0.25, 0.3) is 0 Å². The Hall–Kier alpha value is -1.70. The first-order chi connectivity index (χ1) is 8.83. The number of nitro groups is 1. The Morgan fingerprint density at radius 1 is 1.26 bits per heavy atom. The molecule has 0 fully saturated rings. The van der Waals surface area contributed by atoms with E-state index in [1.54, 1.807) is 0 Å². The number of non-ortho nitro benzene ring substituents is 1. The van der Waals surface area contributed by atoms with Crippen molar-refractivity contribution in [2.45, 2.75) is 18.8 Å². The first-order valence-corrected chi connectivity index (χ1v) is 5.43. The summed E-state index contributed by atoms with van der Waals surface area (Å²) in [6.45, 7) is -1.02. The average Bonchev–Trinajstić information content (AvgIpc) is 2.35. The van der Waals surface area contributed by atoms with Crippen LogP contribution in [0, 0.1) is 10.1 Å². The number of rotatable bonds is 7. The minimum absolute atomic E-state index is 0.0686. The summed E-state index contributed by atoms with van der Waals surface area (Å²) in [5.74, 6) is -4.05. The van der Waals surface area contributed by atoms with Crippen LogP contribution in [0.4, 0.5) is 23.2 Å². The van der Waals surface area contributed by atoms with Gasteiger partial charge in [-0.2, -0.15) is 8.78 Å². The molecule has 0 saturated carbocycles. The predicted octanol–water partition coefficient (Wildman–Crippen LogP) is 2.63. The van der Waals surface area contributed by atoms with E-state index in [-0.39, 0.29) is 12.2 Å². The zero-order chi connectivity index (χ0) is 14.5. The molecule has 106 valence electrons. The Morgan fingerprint density at radius 2 is 1.84 bits per heavy atom. The van der Waals surface area contributed by atoms with Crippen LogP contribution in [-0.2, 0) is 6.42 Å². The van der Waals surface area contributed by atoms with Gasteiger partial charge in [-0.05, 0) is 18.5 Å². The predicted molar refractivity (Wildman–Crippen MR) is 60.6 cm³/mol. The minimum Gasteiger partial charge on any atom is -0.311 e. The van der Waals surface area contributed by atoms with Gasteiger partial charge in [0.1, 0.15) is 0 Å². The van der Waals surface area contributed by atoms with Gasteiger partial charge in [0.05, 0.1) is 11.5 Å². The smallest absolute Gasteiger partial charge is 0.311 e. The van der Waals surface area contributed by atoms with E-state index in [1.165, 1.54) is 24.3 Å². The monoisotopic (exact) mass is 280 g/mol. The van der Waals surface area contributed by atoms with E-state index >= 15 is 0 Å². The second-order valence-electron chi connectivity index (χ2n) is 3.91. The molecule has 0 heterocycles. The third-order valence-corrected chi connectivity index (χ3v) is 2.42. The number of benzene rings is 1. The topological polar surface area (TPSA) is 55.2 Å². The normalized spacial score (nSPS) is 11.8. The highest BCUT2D eigenvalue weighted by molar-refractivity contribution is 5.32. The van der Waals surface area contributed by atoms with Crippen molar-refractivity contribution >= 4 is 5.69 Å². The largest absolute Gasteiger partial charge is 0.319 e. The molecular weight excluding hydrogens is 268 g/mol. The lowest BCUT2D eigenvalue weighted by Crippen LogP contribution is -2.39. The summed E-state index contributed by atoms with van der Waals surface area (Å²) in [5, 5.41) is 12.6. The van der Waals surface area contributed by atoms with E-state index in [0.29, 0.717) is 12.0 Å². The van der Waals surface area contributed by atoms with Gasteiger partial charge in [-0.15, -0.1) is 0 Å². The van der Waals surface area contributed by atoms with Crippen molar-refractivity contribution in [3.8, 4) is 0 Å². The lowest BCUT2D eigenvalue weighted by atomic mass is 10.1. The molecule has 0 aliphatic carbocycles. The van der Waals surface area contributed by atoms with Gasteiger partial charge in [-0.25, -0.2) is 8.78 Å². The number of nitro benzene ring substituents is 1. The summed E-state index contributed by atoms with van der Waals surface area (Å²) in [4.78, 5) is 9.84.